The Morgan fingerprint density at radius 1 is 0.727 bits per heavy atom. The number of phenolic OH excluding ortho intramolecular Hbond substituents is 2. The van der Waals surface area contributed by atoms with E-state index in [0.717, 1.165) is 38.2 Å². The predicted octanol–water partition coefficient (Wildman–Crippen LogP) is 2.11. The molecule has 77 heavy (non-hydrogen) atoms. The summed E-state index contributed by atoms with van der Waals surface area (Å²) in [6.45, 7) is 10.8. The molecule has 0 aromatic heterocycles. The Hall–Kier alpha value is -6.84. The van der Waals surface area contributed by atoms with Gasteiger partial charge in [0.15, 0.2) is 0 Å². The van der Waals surface area contributed by atoms with Gasteiger partial charge in [0.05, 0.1) is 49.8 Å². The summed E-state index contributed by atoms with van der Waals surface area (Å²) in [6, 6.07) is 4.03. The number of carbonyl (C=O) groups excluding carboxylic acids is 8. The lowest BCUT2D eigenvalue weighted by Gasteiger charge is -2.32. The highest BCUT2D eigenvalue weighted by Crippen LogP contribution is 2.19. The maximum Gasteiger partial charge on any atom is 0.329 e. The Bertz CT molecular complexity index is 2310. The largest absolute Gasteiger partial charge is 0.508 e. The average Bonchev–Trinajstić information content (AvgIpc) is 3.37. The van der Waals surface area contributed by atoms with Crippen molar-refractivity contribution in [3.05, 3.63) is 84.0 Å². The number of cyclic esters (lactones) is 1. The van der Waals surface area contributed by atoms with Gasteiger partial charge in [-0.1, -0.05) is 110 Å². The van der Waals surface area contributed by atoms with Gasteiger partial charge in [0.1, 0.15) is 42.3 Å². The van der Waals surface area contributed by atoms with Gasteiger partial charge in [-0.15, -0.1) is 0 Å². The van der Waals surface area contributed by atoms with Gasteiger partial charge in [0, 0.05) is 26.0 Å². The molecule has 0 bridgehead atoms. The third kappa shape index (κ3) is 22.3. The fourth-order valence-electron chi connectivity index (χ4n) is 8.38. The molecule has 0 spiro atoms. The van der Waals surface area contributed by atoms with Crippen molar-refractivity contribution in [3.63, 3.8) is 0 Å². The summed E-state index contributed by atoms with van der Waals surface area (Å²) in [5.41, 5.74) is 1.27. The van der Waals surface area contributed by atoms with Crippen LogP contribution >= 0.6 is 0 Å². The molecule has 0 fully saturated rings. The van der Waals surface area contributed by atoms with Crippen molar-refractivity contribution >= 4 is 47.3 Å². The van der Waals surface area contributed by atoms with Crippen LogP contribution in [0.25, 0.3) is 0 Å². The molecule has 1 aliphatic rings. The first-order valence-electron chi connectivity index (χ1n) is 26.5. The van der Waals surface area contributed by atoms with Gasteiger partial charge in [0.2, 0.25) is 41.4 Å². The second-order valence-electron chi connectivity index (χ2n) is 20.7. The van der Waals surface area contributed by atoms with Crippen molar-refractivity contribution in [2.24, 2.45) is 17.8 Å². The SMILES string of the molecule is CCCCCCC=CCC(=O)NC(Cc1ccc(O)cc1)C(O)CC(=O)NC(C(=O)NC(CO)C(O)CC(=O)NC(C(=O)NC1C=CC(=O)NC(C(C)C)C(=O)N(C)C(Cc2ccc(O)cc2)C(=O)OC1)C(C)C)C(C)C. The van der Waals surface area contributed by atoms with E-state index >= 15 is 0 Å². The molecule has 2 aromatic carbocycles. The maximum absolute atomic E-state index is 13.9. The topological polar surface area (TPSA) is 322 Å². The van der Waals surface area contributed by atoms with Gasteiger partial charge in [0.25, 0.3) is 0 Å². The fraction of sp³-hybridized carbons (Fsp3) is 0.571. The zero-order valence-electron chi connectivity index (χ0n) is 45.7. The lowest BCUT2D eigenvalue weighted by Crippen LogP contribution is -2.57. The zero-order chi connectivity index (χ0) is 57.4. The van der Waals surface area contributed by atoms with Gasteiger partial charge in [-0.25, -0.2) is 4.79 Å². The van der Waals surface area contributed by atoms with Gasteiger partial charge in [-0.2, -0.15) is 0 Å². The first kappa shape index (κ1) is 64.4. The normalized spacial score (nSPS) is 18.8. The van der Waals surface area contributed by atoms with Crippen molar-refractivity contribution in [1.82, 2.24) is 36.8 Å². The maximum atomic E-state index is 13.9. The van der Waals surface area contributed by atoms with Crippen LogP contribution in [0.4, 0.5) is 0 Å². The Kier molecular flexibility index (Phi) is 27.3. The number of unbranched alkanes of at least 4 members (excludes halogenated alkanes) is 4. The van der Waals surface area contributed by atoms with Crippen LogP contribution in [0.15, 0.2) is 72.8 Å². The predicted molar refractivity (Wildman–Crippen MR) is 287 cm³/mol. The number of aromatic hydroxyl groups is 2. The number of rotatable bonds is 28. The second-order valence-corrected chi connectivity index (χ2v) is 20.7. The van der Waals surface area contributed by atoms with E-state index in [1.54, 1.807) is 71.9 Å². The highest BCUT2D eigenvalue weighted by molar-refractivity contribution is 5.95. The van der Waals surface area contributed by atoms with Crippen LogP contribution in [-0.2, 0) is 55.9 Å². The van der Waals surface area contributed by atoms with E-state index in [4.69, 9.17) is 4.74 Å². The number of amides is 7. The Morgan fingerprint density at radius 3 is 1.83 bits per heavy atom. The Labute approximate surface area is 452 Å². The standard InChI is InChI=1S/C56H83N7O14/c1-9-10-11-12-13-14-15-16-46(69)58-41(27-36-17-22-39(65)23-18-36)44(67)29-48(71)62-51(34(4)5)54(74)59-42(31-64)45(68)30-49(72)61-50(33(2)3)53(73)57-38-21-26-47(70)60-52(35(6)7)55(75)63(8)43(56(76)77-32-38)28-37-19-24-40(66)25-20-37/h14-15,17-26,33-35,38,41-45,50-52,64-68H,9-13,16,27-32H2,1-8H3,(H,57,73)(H,58,69)(H,59,74)(H,60,70)(H,61,72)(H,62,71). The number of hydrogen-bond acceptors (Lipinski definition) is 14. The van der Waals surface area contributed by atoms with Gasteiger partial charge in [-0.3, -0.25) is 33.6 Å². The smallest absolute Gasteiger partial charge is 0.329 e. The molecule has 7 amide bonds. The molecule has 0 radical (unpaired) electrons. The van der Waals surface area contributed by atoms with Crippen molar-refractivity contribution in [3.8, 4) is 11.5 Å². The van der Waals surface area contributed by atoms with Crippen LogP contribution in [0, 0.1) is 17.8 Å². The molecule has 21 nitrogen and oxygen atoms in total. The minimum absolute atomic E-state index is 0.00151. The summed E-state index contributed by atoms with van der Waals surface area (Å²) >= 11 is 0. The van der Waals surface area contributed by atoms with E-state index < -0.39 is 140 Å². The van der Waals surface area contributed by atoms with E-state index in [1.165, 1.54) is 42.3 Å². The Balaban J connectivity index is 1.68. The molecule has 0 aliphatic carbocycles. The number of aliphatic hydroxyl groups excluding tert-OH is 3. The number of allylic oxidation sites excluding steroid dienone is 1. The number of carbonyl (C=O) groups is 8. The molecular formula is C56H83N7O14. The number of esters is 1. The number of nitrogens with one attached hydrogen (secondary N) is 6. The van der Waals surface area contributed by atoms with Crippen LogP contribution in [0.5, 0.6) is 11.5 Å². The quantitative estimate of drug-likeness (QED) is 0.0331. The molecule has 9 unspecified atom stereocenters. The molecule has 3 rings (SSSR count). The minimum atomic E-state index is -1.70. The molecule has 0 saturated carbocycles. The van der Waals surface area contributed by atoms with Crippen LogP contribution in [0.3, 0.4) is 0 Å². The van der Waals surface area contributed by atoms with E-state index in [-0.39, 0.29) is 36.7 Å². The minimum Gasteiger partial charge on any atom is -0.508 e. The van der Waals surface area contributed by atoms with E-state index in [1.807, 2.05) is 6.08 Å². The third-order valence-electron chi connectivity index (χ3n) is 13.1. The van der Waals surface area contributed by atoms with Crippen LogP contribution in [0.1, 0.15) is 111 Å². The molecule has 2 aromatic rings. The summed E-state index contributed by atoms with van der Waals surface area (Å²) in [5.74, 6) is -7.04. The Morgan fingerprint density at radius 2 is 1.29 bits per heavy atom. The third-order valence-corrected chi connectivity index (χ3v) is 13.1. The number of benzene rings is 2. The summed E-state index contributed by atoms with van der Waals surface area (Å²) in [7, 11) is 1.41. The zero-order valence-corrected chi connectivity index (χ0v) is 45.7. The van der Waals surface area contributed by atoms with Crippen LogP contribution < -0.4 is 31.9 Å². The van der Waals surface area contributed by atoms with E-state index in [0.29, 0.717) is 11.1 Å². The molecule has 0 saturated heterocycles. The lowest BCUT2D eigenvalue weighted by molar-refractivity contribution is -0.156. The highest BCUT2D eigenvalue weighted by atomic mass is 16.5. The lowest BCUT2D eigenvalue weighted by atomic mass is 9.97. The van der Waals surface area contributed by atoms with Gasteiger partial charge < -0.3 is 67.1 Å². The van der Waals surface area contributed by atoms with Crippen molar-refractivity contribution < 1.29 is 68.6 Å². The number of ether oxygens (including phenoxy) is 1. The van der Waals surface area contributed by atoms with Crippen LogP contribution in [0.2, 0.25) is 0 Å². The number of nitrogens with zero attached hydrogens (tertiary/aromatic N) is 1. The van der Waals surface area contributed by atoms with Crippen molar-refractivity contribution in [2.75, 3.05) is 20.3 Å². The molecule has 21 heteroatoms. The number of aliphatic hydroxyl groups is 3. The van der Waals surface area contributed by atoms with Crippen molar-refractivity contribution in [2.45, 2.75) is 167 Å². The molecule has 11 N–H and O–H groups in total. The monoisotopic (exact) mass is 1080 g/mol. The van der Waals surface area contributed by atoms with Crippen molar-refractivity contribution in [1.29, 1.82) is 0 Å². The number of phenols is 2. The van der Waals surface area contributed by atoms with E-state index in [9.17, 15) is 63.9 Å². The van der Waals surface area contributed by atoms with E-state index in [2.05, 4.69) is 38.8 Å². The average molecular weight is 1080 g/mol. The number of hydrogen-bond donors (Lipinski definition) is 11. The summed E-state index contributed by atoms with van der Waals surface area (Å²) in [5, 5.41) is 68.2. The van der Waals surface area contributed by atoms with Crippen LogP contribution in [-0.4, -0.2) is 153 Å². The molecule has 426 valence electrons. The highest BCUT2D eigenvalue weighted by Gasteiger charge is 2.37. The molecule has 1 aliphatic heterocycles. The fourth-order valence-corrected chi connectivity index (χ4v) is 8.38. The summed E-state index contributed by atoms with van der Waals surface area (Å²) in [6.07, 6.45) is 7.05. The first-order chi connectivity index (χ1) is 36.4. The number of likely N-dealkylation sites (N-methyl/N-ethyl adjacent to an activating group) is 1. The molecule has 1 heterocycles. The second kappa shape index (κ2) is 32.7. The summed E-state index contributed by atoms with van der Waals surface area (Å²) < 4.78 is 5.65. The molecule has 9 atom stereocenters. The first-order valence-corrected chi connectivity index (χ1v) is 26.5. The molecular weight excluding hydrogens is 995 g/mol. The van der Waals surface area contributed by atoms with Gasteiger partial charge in [-0.05, 0) is 72.4 Å². The van der Waals surface area contributed by atoms with Gasteiger partial charge >= 0.3 is 5.97 Å². The summed E-state index contributed by atoms with van der Waals surface area (Å²) in [4.78, 5) is 109.